The van der Waals surface area contributed by atoms with E-state index in [4.69, 9.17) is 0 Å². The highest BCUT2D eigenvalue weighted by Crippen LogP contribution is 2.28. The largest absolute Gasteiger partial charge is 0.298 e. The Labute approximate surface area is 117 Å². The van der Waals surface area contributed by atoms with Crippen molar-refractivity contribution in [3.05, 3.63) is 34.9 Å². The molecule has 1 aromatic rings. The summed E-state index contributed by atoms with van der Waals surface area (Å²) in [6, 6.07) is 8.36. The molecule has 0 radical (unpaired) electrons. The highest BCUT2D eigenvalue weighted by molar-refractivity contribution is 5.30. The van der Waals surface area contributed by atoms with Crippen LogP contribution in [0, 0.1) is 13.8 Å². The third kappa shape index (κ3) is 2.56. The van der Waals surface area contributed by atoms with Gasteiger partial charge < -0.3 is 0 Å². The van der Waals surface area contributed by atoms with Gasteiger partial charge >= 0.3 is 0 Å². The van der Waals surface area contributed by atoms with Gasteiger partial charge in [-0.05, 0) is 51.3 Å². The first-order chi connectivity index (χ1) is 9.15. The number of aryl methyl sites for hydroxylation is 2. The van der Waals surface area contributed by atoms with E-state index in [1.165, 1.54) is 49.2 Å². The van der Waals surface area contributed by atoms with E-state index in [0.29, 0.717) is 6.04 Å². The van der Waals surface area contributed by atoms with Crippen LogP contribution in [0.3, 0.4) is 0 Å². The van der Waals surface area contributed by atoms with Crippen molar-refractivity contribution >= 4 is 0 Å². The summed E-state index contributed by atoms with van der Waals surface area (Å²) in [5, 5.41) is 0. The standard InChI is InChI=1S/C17H26N2/c1-13-6-7-14(2)16(11-13)12-19-10-9-18-8-4-5-17(18)15(19)3/h6-7,11,15,17H,4-5,8-10,12H2,1-3H3/t15-,17-/m1/s1. The molecular weight excluding hydrogens is 232 g/mol. The molecule has 0 unspecified atom stereocenters. The average molecular weight is 258 g/mol. The molecule has 2 nitrogen and oxygen atoms in total. The first kappa shape index (κ1) is 13.1. The second kappa shape index (κ2) is 5.26. The van der Waals surface area contributed by atoms with Crippen molar-refractivity contribution in [3.63, 3.8) is 0 Å². The second-order valence-corrected chi connectivity index (χ2v) is 6.39. The van der Waals surface area contributed by atoms with Crippen LogP contribution in [0.25, 0.3) is 0 Å². The summed E-state index contributed by atoms with van der Waals surface area (Å²) >= 11 is 0. The van der Waals surface area contributed by atoms with E-state index >= 15 is 0 Å². The van der Waals surface area contributed by atoms with Gasteiger partial charge in [0.25, 0.3) is 0 Å². The number of piperazine rings is 1. The molecule has 0 saturated carbocycles. The monoisotopic (exact) mass is 258 g/mol. The molecule has 2 aliphatic rings. The lowest BCUT2D eigenvalue weighted by Gasteiger charge is -2.43. The van der Waals surface area contributed by atoms with Crippen LogP contribution in [0.4, 0.5) is 0 Å². The van der Waals surface area contributed by atoms with Gasteiger partial charge in [0.15, 0.2) is 0 Å². The zero-order valence-corrected chi connectivity index (χ0v) is 12.5. The molecule has 3 rings (SSSR count). The summed E-state index contributed by atoms with van der Waals surface area (Å²) in [6.45, 7) is 11.8. The molecule has 0 spiro atoms. The number of benzene rings is 1. The average Bonchev–Trinajstić information content (AvgIpc) is 2.86. The SMILES string of the molecule is Cc1ccc(C)c(CN2CCN3CCC[C@@H]3[C@H]2C)c1. The minimum absolute atomic E-state index is 0.705. The fraction of sp³-hybridized carbons (Fsp3) is 0.647. The number of nitrogens with zero attached hydrogens (tertiary/aromatic N) is 2. The number of fused-ring (bicyclic) bond motifs is 1. The molecule has 2 saturated heterocycles. The van der Waals surface area contributed by atoms with Gasteiger partial charge in [-0.15, -0.1) is 0 Å². The van der Waals surface area contributed by atoms with Gasteiger partial charge in [0.05, 0.1) is 0 Å². The summed E-state index contributed by atoms with van der Waals surface area (Å²) < 4.78 is 0. The summed E-state index contributed by atoms with van der Waals surface area (Å²) in [7, 11) is 0. The molecule has 0 amide bonds. The van der Waals surface area contributed by atoms with Crippen LogP contribution in [-0.2, 0) is 6.54 Å². The van der Waals surface area contributed by atoms with Gasteiger partial charge in [-0.1, -0.05) is 23.8 Å². The van der Waals surface area contributed by atoms with Gasteiger partial charge in [0.2, 0.25) is 0 Å². The molecule has 0 aromatic heterocycles. The van der Waals surface area contributed by atoms with Crippen LogP contribution in [0.5, 0.6) is 0 Å². The van der Waals surface area contributed by atoms with Gasteiger partial charge in [-0.2, -0.15) is 0 Å². The molecule has 2 aliphatic heterocycles. The molecule has 2 heteroatoms. The molecule has 2 fully saturated rings. The molecule has 1 aromatic carbocycles. The Morgan fingerprint density at radius 3 is 2.84 bits per heavy atom. The maximum atomic E-state index is 2.70. The highest BCUT2D eigenvalue weighted by Gasteiger charge is 2.36. The molecule has 0 aliphatic carbocycles. The van der Waals surface area contributed by atoms with Gasteiger partial charge in [0, 0.05) is 31.7 Å². The Morgan fingerprint density at radius 2 is 2.00 bits per heavy atom. The Balaban J connectivity index is 1.74. The minimum Gasteiger partial charge on any atom is -0.298 e. The number of hydrogen-bond acceptors (Lipinski definition) is 2. The highest BCUT2D eigenvalue weighted by atomic mass is 15.3. The van der Waals surface area contributed by atoms with Crippen LogP contribution < -0.4 is 0 Å². The molecule has 0 bridgehead atoms. The summed E-state index contributed by atoms with van der Waals surface area (Å²) in [5.41, 5.74) is 4.33. The van der Waals surface area contributed by atoms with Crippen molar-refractivity contribution in [3.8, 4) is 0 Å². The normalized spacial score (nSPS) is 28.6. The van der Waals surface area contributed by atoms with E-state index in [2.05, 4.69) is 48.8 Å². The number of hydrogen-bond donors (Lipinski definition) is 0. The summed E-state index contributed by atoms with van der Waals surface area (Å²) in [5.74, 6) is 0. The van der Waals surface area contributed by atoms with Gasteiger partial charge in [0.1, 0.15) is 0 Å². The first-order valence-electron chi connectivity index (χ1n) is 7.69. The summed E-state index contributed by atoms with van der Waals surface area (Å²) in [4.78, 5) is 5.39. The lowest BCUT2D eigenvalue weighted by molar-refractivity contribution is 0.0469. The molecular formula is C17H26N2. The topological polar surface area (TPSA) is 6.48 Å². The van der Waals surface area contributed by atoms with Crippen molar-refractivity contribution in [2.75, 3.05) is 19.6 Å². The fourth-order valence-electron chi connectivity index (χ4n) is 3.79. The summed E-state index contributed by atoms with van der Waals surface area (Å²) in [6.07, 6.45) is 2.79. The molecule has 0 N–H and O–H groups in total. The molecule has 19 heavy (non-hydrogen) atoms. The van der Waals surface area contributed by atoms with Crippen molar-refractivity contribution in [1.82, 2.24) is 9.80 Å². The van der Waals surface area contributed by atoms with E-state index in [1.54, 1.807) is 0 Å². The van der Waals surface area contributed by atoms with Gasteiger partial charge in [-0.25, -0.2) is 0 Å². The minimum atomic E-state index is 0.705. The van der Waals surface area contributed by atoms with Crippen molar-refractivity contribution in [2.24, 2.45) is 0 Å². The first-order valence-corrected chi connectivity index (χ1v) is 7.69. The molecule has 2 atom stereocenters. The Bertz CT molecular complexity index is 455. The lowest BCUT2D eigenvalue weighted by atomic mass is 10.00. The fourth-order valence-corrected chi connectivity index (χ4v) is 3.79. The lowest BCUT2D eigenvalue weighted by Crippen LogP contribution is -2.55. The van der Waals surface area contributed by atoms with E-state index < -0.39 is 0 Å². The third-order valence-electron chi connectivity index (χ3n) is 5.10. The van der Waals surface area contributed by atoms with Crippen LogP contribution in [-0.4, -0.2) is 41.5 Å². The van der Waals surface area contributed by atoms with Crippen LogP contribution in [0.1, 0.15) is 36.5 Å². The van der Waals surface area contributed by atoms with E-state index in [-0.39, 0.29) is 0 Å². The maximum absolute atomic E-state index is 2.70. The second-order valence-electron chi connectivity index (χ2n) is 6.39. The predicted octanol–water partition coefficient (Wildman–Crippen LogP) is 2.97. The Morgan fingerprint density at radius 1 is 1.16 bits per heavy atom. The van der Waals surface area contributed by atoms with Crippen LogP contribution >= 0.6 is 0 Å². The predicted molar refractivity (Wildman–Crippen MR) is 80.4 cm³/mol. The Hall–Kier alpha value is -0.860. The molecule has 2 heterocycles. The third-order valence-corrected chi connectivity index (χ3v) is 5.10. The zero-order chi connectivity index (χ0) is 13.4. The van der Waals surface area contributed by atoms with E-state index in [9.17, 15) is 0 Å². The number of rotatable bonds is 2. The van der Waals surface area contributed by atoms with Crippen molar-refractivity contribution in [1.29, 1.82) is 0 Å². The van der Waals surface area contributed by atoms with Crippen LogP contribution in [0.2, 0.25) is 0 Å². The Kier molecular flexibility index (Phi) is 3.64. The van der Waals surface area contributed by atoms with E-state index in [0.717, 1.165) is 12.6 Å². The zero-order valence-electron chi connectivity index (χ0n) is 12.5. The van der Waals surface area contributed by atoms with Gasteiger partial charge in [-0.3, -0.25) is 9.80 Å². The maximum Gasteiger partial charge on any atom is 0.0250 e. The van der Waals surface area contributed by atoms with Crippen molar-refractivity contribution < 1.29 is 0 Å². The smallest absolute Gasteiger partial charge is 0.0250 e. The molecule has 104 valence electrons. The quantitative estimate of drug-likeness (QED) is 0.804. The van der Waals surface area contributed by atoms with Crippen LogP contribution in [0.15, 0.2) is 18.2 Å². The van der Waals surface area contributed by atoms with Crippen molar-refractivity contribution in [2.45, 2.75) is 52.2 Å². The van der Waals surface area contributed by atoms with E-state index in [1.807, 2.05) is 0 Å².